The average Bonchev–Trinajstić information content (AvgIpc) is 2.45. The van der Waals surface area contributed by atoms with Crippen molar-refractivity contribution in [2.24, 2.45) is 17.8 Å². The monoisotopic (exact) mass is 196 g/mol. The highest BCUT2D eigenvalue weighted by atomic mass is 32.1. The average molecular weight is 196 g/mol. The van der Waals surface area contributed by atoms with Crippen LogP contribution in [0.1, 0.15) is 26.7 Å². The van der Waals surface area contributed by atoms with Crippen LogP contribution >= 0.6 is 12.6 Å². The molecule has 1 aliphatic rings. The van der Waals surface area contributed by atoms with E-state index in [9.17, 15) is 0 Å². The summed E-state index contributed by atoms with van der Waals surface area (Å²) < 4.78 is 0. The van der Waals surface area contributed by atoms with Gasteiger partial charge in [0.05, 0.1) is 0 Å². The lowest BCUT2D eigenvalue weighted by molar-refractivity contribution is 0.514. The maximum absolute atomic E-state index is 4.39. The lowest BCUT2D eigenvalue weighted by Gasteiger charge is -2.11. The van der Waals surface area contributed by atoms with E-state index in [1.54, 1.807) is 0 Å². The van der Waals surface area contributed by atoms with Crippen molar-refractivity contribution in [2.75, 3.05) is 5.75 Å². The second-order valence-corrected chi connectivity index (χ2v) is 4.68. The number of hydrogen-bond donors (Lipinski definition) is 1. The van der Waals surface area contributed by atoms with Crippen molar-refractivity contribution in [2.45, 2.75) is 26.7 Å². The first-order valence-corrected chi connectivity index (χ1v) is 5.69. The molecular weight excluding hydrogens is 176 g/mol. The summed E-state index contributed by atoms with van der Waals surface area (Å²) >= 11 is 4.39. The van der Waals surface area contributed by atoms with Crippen molar-refractivity contribution < 1.29 is 0 Å². The van der Waals surface area contributed by atoms with Crippen LogP contribution in [0.25, 0.3) is 0 Å². The third-order valence-corrected chi connectivity index (χ3v) is 3.36. The summed E-state index contributed by atoms with van der Waals surface area (Å²) in [6.07, 6.45) is 7.09. The van der Waals surface area contributed by atoms with E-state index in [2.05, 4.69) is 45.2 Å². The predicted molar refractivity (Wildman–Crippen MR) is 63.2 cm³/mol. The molecule has 3 atom stereocenters. The fourth-order valence-electron chi connectivity index (χ4n) is 2.31. The summed E-state index contributed by atoms with van der Waals surface area (Å²) in [4.78, 5) is 0. The molecule has 0 aliphatic heterocycles. The van der Waals surface area contributed by atoms with Gasteiger partial charge in [-0.2, -0.15) is 12.6 Å². The molecule has 0 aromatic carbocycles. The summed E-state index contributed by atoms with van der Waals surface area (Å²) in [5.41, 5.74) is 1.44. The minimum absolute atomic E-state index is 0.693. The standard InChI is InChI=1S/C12H20S/c1-4-11-6-10(5-9(2)3)7-12(11)8-13/h4-5,10-13H,1,6-8H2,2-3H3. The third kappa shape index (κ3) is 2.91. The molecule has 1 aliphatic carbocycles. The Morgan fingerprint density at radius 2 is 2.15 bits per heavy atom. The Labute approximate surface area is 87.5 Å². The van der Waals surface area contributed by atoms with Gasteiger partial charge in [0, 0.05) is 0 Å². The second-order valence-electron chi connectivity index (χ2n) is 4.32. The van der Waals surface area contributed by atoms with Gasteiger partial charge in [-0.05, 0) is 50.2 Å². The molecule has 0 saturated heterocycles. The Morgan fingerprint density at radius 1 is 1.46 bits per heavy atom. The predicted octanol–water partition coefficient (Wildman–Crippen LogP) is 3.71. The summed E-state index contributed by atoms with van der Waals surface area (Å²) in [5.74, 6) is 3.22. The van der Waals surface area contributed by atoms with Crippen LogP contribution in [0.5, 0.6) is 0 Å². The van der Waals surface area contributed by atoms with Gasteiger partial charge in [-0.15, -0.1) is 6.58 Å². The molecule has 0 nitrogen and oxygen atoms in total. The summed E-state index contributed by atoms with van der Waals surface area (Å²) in [5, 5.41) is 0. The summed E-state index contributed by atoms with van der Waals surface area (Å²) in [6.45, 7) is 8.25. The molecule has 0 aromatic heterocycles. The first-order chi connectivity index (χ1) is 6.17. The zero-order chi connectivity index (χ0) is 9.84. The highest BCUT2D eigenvalue weighted by molar-refractivity contribution is 7.80. The molecule has 0 N–H and O–H groups in total. The van der Waals surface area contributed by atoms with Gasteiger partial charge in [-0.25, -0.2) is 0 Å². The van der Waals surface area contributed by atoms with Crippen LogP contribution < -0.4 is 0 Å². The van der Waals surface area contributed by atoms with Crippen molar-refractivity contribution in [3.63, 3.8) is 0 Å². The summed E-state index contributed by atoms with van der Waals surface area (Å²) in [7, 11) is 0. The molecule has 0 radical (unpaired) electrons. The van der Waals surface area contributed by atoms with E-state index in [0.717, 1.165) is 17.6 Å². The zero-order valence-electron chi connectivity index (χ0n) is 8.66. The molecule has 1 fully saturated rings. The minimum Gasteiger partial charge on any atom is -0.179 e. The van der Waals surface area contributed by atoms with Crippen molar-refractivity contribution in [1.82, 2.24) is 0 Å². The highest BCUT2D eigenvalue weighted by Gasteiger charge is 2.29. The van der Waals surface area contributed by atoms with Crippen LogP contribution in [0, 0.1) is 17.8 Å². The molecular formula is C12H20S. The maximum Gasteiger partial charge on any atom is -0.00637 e. The lowest BCUT2D eigenvalue weighted by atomic mass is 9.98. The molecule has 0 spiro atoms. The maximum atomic E-state index is 4.39. The van der Waals surface area contributed by atoms with Crippen molar-refractivity contribution >= 4 is 12.6 Å². The lowest BCUT2D eigenvalue weighted by Crippen LogP contribution is -2.05. The van der Waals surface area contributed by atoms with E-state index in [1.165, 1.54) is 18.4 Å². The van der Waals surface area contributed by atoms with Gasteiger partial charge in [0.1, 0.15) is 0 Å². The van der Waals surface area contributed by atoms with Crippen molar-refractivity contribution in [3.8, 4) is 0 Å². The van der Waals surface area contributed by atoms with Gasteiger partial charge in [0.15, 0.2) is 0 Å². The number of allylic oxidation sites excluding steroid dienone is 3. The highest BCUT2D eigenvalue weighted by Crippen LogP contribution is 2.38. The molecule has 1 heteroatoms. The quantitative estimate of drug-likeness (QED) is 0.516. The Hall–Kier alpha value is -0.170. The molecule has 0 heterocycles. The van der Waals surface area contributed by atoms with E-state index in [1.807, 2.05) is 0 Å². The fraction of sp³-hybridized carbons (Fsp3) is 0.667. The molecule has 0 aromatic rings. The Balaban J connectivity index is 2.57. The van der Waals surface area contributed by atoms with Gasteiger partial charge in [0.2, 0.25) is 0 Å². The van der Waals surface area contributed by atoms with Crippen LogP contribution in [0.3, 0.4) is 0 Å². The van der Waals surface area contributed by atoms with Gasteiger partial charge in [-0.1, -0.05) is 17.7 Å². The van der Waals surface area contributed by atoms with E-state index >= 15 is 0 Å². The van der Waals surface area contributed by atoms with Gasteiger partial charge >= 0.3 is 0 Å². The molecule has 0 amide bonds. The van der Waals surface area contributed by atoms with E-state index < -0.39 is 0 Å². The second kappa shape index (κ2) is 4.90. The van der Waals surface area contributed by atoms with Gasteiger partial charge in [-0.3, -0.25) is 0 Å². The SMILES string of the molecule is C=CC1CC(C=C(C)C)CC1CS. The summed E-state index contributed by atoms with van der Waals surface area (Å²) in [6, 6.07) is 0. The van der Waals surface area contributed by atoms with Crippen LogP contribution in [0.2, 0.25) is 0 Å². The molecule has 74 valence electrons. The van der Waals surface area contributed by atoms with Crippen molar-refractivity contribution in [3.05, 3.63) is 24.3 Å². The first-order valence-electron chi connectivity index (χ1n) is 5.05. The van der Waals surface area contributed by atoms with Gasteiger partial charge < -0.3 is 0 Å². The smallest absolute Gasteiger partial charge is 0.00637 e. The first kappa shape index (κ1) is 10.9. The Bertz CT molecular complexity index is 201. The van der Waals surface area contributed by atoms with Crippen LogP contribution in [0.4, 0.5) is 0 Å². The van der Waals surface area contributed by atoms with Gasteiger partial charge in [0.25, 0.3) is 0 Å². The molecule has 1 saturated carbocycles. The Morgan fingerprint density at radius 3 is 2.54 bits per heavy atom. The van der Waals surface area contributed by atoms with E-state index in [4.69, 9.17) is 0 Å². The van der Waals surface area contributed by atoms with Crippen LogP contribution in [-0.4, -0.2) is 5.75 Å². The topological polar surface area (TPSA) is 0 Å². The minimum atomic E-state index is 0.693. The number of thiol groups is 1. The van der Waals surface area contributed by atoms with E-state index in [-0.39, 0.29) is 0 Å². The Kier molecular flexibility index (Phi) is 4.11. The third-order valence-electron chi connectivity index (χ3n) is 2.89. The van der Waals surface area contributed by atoms with Crippen molar-refractivity contribution in [1.29, 1.82) is 0 Å². The number of hydrogen-bond acceptors (Lipinski definition) is 1. The zero-order valence-corrected chi connectivity index (χ0v) is 9.56. The molecule has 1 rings (SSSR count). The number of rotatable bonds is 3. The fourth-order valence-corrected chi connectivity index (χ4v) is 2.73. The van der Waals surface area contributed by atoms with Crippen LogP contribution in [-0.2, 0) is 0 Å². The molecule has 0 bridgehead atoms. The molecule has 3 unspecified atom stereocenters. The largest absolute Gasteiger partial charge is 0.179 e. The normalized spacial score (nSPS) is 33.0. The van der Waals surface area contributed by atoms with Crippen LogP contribution in [0.15, 0.2) is 24.3 Å². The molecule has 13 heavy (non-hydrogen) atoms. The van der Waals surface area contributed by atoms with E-state index in [0.29, 0.717) is 5.92 Å².